The second-order valence-electron chi connectivity index (χ2n) is 17.2. The topological polar surface area (TPSA) is 3.24 Å². The summed E-state index contributed by atoms with van der Waals surface area (Å²) in [6.45, 7) is 0. The van der Waals surface area contributed by atoms with Crippen LogP contribution in [0.4, 0.5) is 17.1 Å². The quantitative estimate of drug-likeness (QED) is 0.140. The van der Waals surface area contributed by atoms with Crippen LogP contribution in [0.5, 0.6) is 0 Å². The highest BCUT2D eigenvalue weighted by molar-refractivity contribution is 6.11. The molecule has 1 nitrogen and oxygen atoms in total. The van der Waals surface area contributed by atoms with Crippen molar-refractivity contribution in [2.45, 2.75) is 5.41 Å². The largest absolute Gasteiger partial charge is 0.309 e. The van der Waals surface area contributed by atoms with E-state index in [2.05, 4.69) is 278 Å². The molecule has 11 aromatic carbocycles. The van der Waals surface area contributed by atoms with Gasteiger partial charge in [0.15, 0.2) is 0 Å². The van der Waals surface area contributed by atoms with Crippen molar-refractivity contribution in [1.82, 2.24) is 0 Å². The third kappa shape index (κ3) is 6.56. The molecule has 0 amide bonds. The third-order valence-electron chi connectivity index (χ3n) is 13.5. The van der Waals surface area contributed by atoms with E-state index in [-0.39, 0.29) is 0 Å². The van der Waals surface area contributed by atoms with Gasteiger partial charge in [-0.1, -0.05) is 237 Å². The van der Waals surface area contributed by atoms with Gasteiger partial charge in [-0.2, -0.15) is 0 Å². The van der Waals surface area contributed by atoms with Crippen LogP contribution in [-0.2, 0) is 5.41 Å². The molecule has 66 heavy (non-hydrogen) atoms. The number of rotatable bonds is 9. The first kappa shape index (κ1) is 39.1. The van der Waals surface area contributed by atoms with Crippen LogP contribution >= 0.6 is 0 Å². The molecule has 0 radical (unpaired) electrons. The molecule has 1 heteroatoms. The lowest BCUT2D eigenvalue weighted by Crippen LogP contribution is -2.28. The minimum atomic E-state index is -0.556. The van der Waals surface area contributed by atoms with E-state index in [9.17, 15) is 0 Å². The van der Waals surface area contributed by atoms with Crippen LogP contribution in [0.3, 0.4) is 0 Å². The molecule has 1 aliphatic carbocycles. The van der Waals surface area contributed by atoms with E-state index >= 15 is 0 Å². The Labute approximate surface area is 387 Å². The van der Waals surface area contributed by atoms with E-state index in [1.54, 1.807) is 0 Å². The van der Waals surface area contributed by atoms with Gasteiger partial charge >= 0.3 is 0 Å². The maximum atomic E-state index is 2.51. The zero-order valence-electron chi connectivity index (χ0n) is 36.4. The maximum Gasteiger partial charge on any atom is 0.0714 e. The minimum Gasteiger partial charge on any atom is -0.309 e. The molecule has 0 aromatic heterocycles. The van der Waals surface area contributed by atoms with Gasteiger partial charge in [0.2, 0.25) is 0 Å². The van der Waals surface area contributed by atoms with Crippen molar-refractivity contribution in [2.24, 2.45) is 0 Å². The third-order valence-corrected chi connectivity index (χ3v) is 13.5. The van der Waals surface area contributed by atoms with Crippen LogP contribution in [0.15, 0.2) is 273 Å². The van der Waals surface area contributed by atoms with Crippen molar-refractivity contribution in [3.8, 4) is 55.6 Å². The predicted molar refractivity (Wildman–Crippen MR) is 278 cm³/mol. The van der Waals surface area contributed by atoms with Crippen LogP contribution in [-0.4, -0.2) is 0 Å². The fourth-order valence-corrected chi connectivity index (χ4v) is 10.6. The first-order valence-corrected chi connectivity index (χ1v) is 22.8. The summed E-state index contributed by atoms with van der Waals surface area (Å²) >= 11 is 0. The Kier molecular flexibility index (Phi) is 9.81. The Hall–Kier alpha value is -8.52. The van der Waals surface area contributed by atoms with Gasteiger partial charge in [-0.05, 0) is 114 Å². The second kappa shape index (κ2) is 16.6. The van der Waals surface area contributed by atoms with E-state index in [0.717, 1.165) is 16.9 Å². The highest BCUT2D eigenvalue weighted by Gasteiger charge is 2.48. The van der Waals surface area contributed by atoms with Gasteiger partial charge in [-0.3, -0.25) is 0 Å². The SMILES string of the molecule is c1ccc(-c2ccc(N(c3ccc(-c4ccc(-c5ccccc5)cc4-c4ccccc4)cc3)c3c4c(cc5ccccc35)C(c3ccccc3)(c3ccccc3)c3ccccc3-4)cc2)cc1. The van der Waals surface area contributed by atoms with E-state index in [0.29, 0.717) is 0 Å². The minimum absolute atomic E-state index is 0.556. The molecular formula is C65H45N. The Morgan fingerprint density at radius 3 is 1.32 bits per heavy atom. The molecular weight excluding hydrogens is 795 g/mol. The van der Waals surface area contributed by atoms with Crippen molar-refractivity contribution >= 4 is 27.8 Å². The molecule has 0 aliphatic heterocycles. The lowest BCUT2D eigenvalue weighted by atomic mass is 9.67. The molecule has 12 rings (SSSR count). The van der Waals surface area contributed by atoms with Crippen LogP contribution in [0.2, 0.25) is 0 Å². The smallest absolute Gasteiger partial charge is 0.0714 e. The summed E-state index contributed by atoms with van der Waals surface area (Å²) in [5.74, 6) is 0. The van der Waals surface area contributed by atoms with Crippen LogP contribution in [0, 0.1) is 0 Å². The summed E-state index contributed by atoms with van der Waals surface area (Å²) in [6, 6.07) is 100. The number of anilines is 3. The van der Waals surface area contributed by atoms with Gasteiger partial charge in [-0.25, -0.2) is 0 Å². The van der Waals surface area contributed by atoms with Gasteiger partial charge < -0.3 is 4.90 Å². The Morgan fingerprint density at radius 2 is 0.712 bits per heavy atom. The Balaban J connectivity index is 1.11. The predicted octanol–water partition coefficient (Wildman–Crippen LogP) is 17.3. The van der Waals surface area contributed by atoms with Gasteiger partial charge in [0.05, 0.1) is 11.1 Å². The molecule has 0 bridgehead atoms. The zero-order chi connectivity index (χ0) is 43.9. The lowest BCUT2D eigenvalue weighted by molar-refractivity contribution is 0.769. The lowest BCUT2D eigenvalue weighted by Gasteiger charge is -2.35. The number of hydrogen-bond donors (Lipinski definition) is 0. The van der Waals surface area contributed by atoms with Crippen LogP contribution in [0.1, 0.15) is 22.3 Å². The molecule has 310 valence electrons. The van der Waals surface area contributed by atoms with Crippen molar-refractivity contribution < 1.29 is 0 Å². The standard InChI is InChI=1S/C65H45N/c1-6-20-46(21-7-1)48-34-39-55(40-35-48)66(56-41-36-50(37-42-56)57-43-38-51(47-22-8-2-9-23-47)44-60(57)49-24-10-3-11-25-49)64-58-31-17-16-26-52(58)45-62-63(64)59-32-18-19-33-61(59)65(62,53-27-12-4-13-28-53)54-29-14-5-15-30-54/h1-45H. The molecule has 0 saturated heterocycles. The summed E-state index contributed by atoms with van der Waals surface area (Å²) in [4.78, 5) is 2.51. The fourth-order valence-electron chi connectivity index (χ4n) is 10.6. The fraction of sp³-hybridized carbons (Fsp3) is 0.0154. The average Bonchev–Trinajstić information content (AvgIpc) is 3.70. The van der Waals surface area contributed by atoms with E-state index in [4.69, 9.17) is 0 Å². The highest BCUT2D eigenvalue weighted by Crippen LogP contribution is 2.61. The van der Waals surface area contributed by atoms with Gasteiger partial charge in [0.25, 0.3) is 0 Å². The summed E-state index contributed by atoms with van der Waals surface area (Å²) in [5.41, 5.74) is 19.9. The Morgan fingerprint density at radius 1 is 0.273 bits per heavy atom. The number of fused-ring (bicyclic) bond motifs is 4. The summed E-state index contributed by atoms with van der Waals surface area (Å²) in [6.07, 6.45) is 0. The average molecular weight is 840 g/mol. The molecule has 1 aliphatic rings. The molecule has 0 N–H and O–H groups in total. The van der Waals surface area contributed by atoms with Crippen molar-refractivity contribution in [2.75, 3.05) is 4.90 Å². The maximum absolute atomic E-state index is 2.51. The summed E-state index contributed by atoms with van der Waals surface area (Å²) < 4.78 is 0. The molecule has 0 spiro atoms. The normalized spacial score (nSPS) is 12.4. The molecule has 0 fully saturated rings. The van der Waals surface area contributed by atoms with E-state index in [1.165, 1.54) is 88.8 Å². The Bertz CT molecular complexity index is 3430. The van der Waals surface area contributed by atoms with Crippen LogP contribution < -0.4 is 4.90 Å². The van der Waals surface area contributed by atoms with Crippen LogP contribution in [0.25, 0.3) is 66.4 Å². The first-order valence-electron chi connectivity index (χ1n) is 22.8. The van der Waals surface area contributed by atoms with Crippen molar-refractivity contribution in [3.05, 3.63) is 295 Å². The molecule has 0 heterocycles. The van der Waals surface area contributed by atoms with E-state index < -0.39 is 5.41 Å². The number of hydrogen-bond acceptors (Lipinski definition) is 1. The second-order valence-corrected chi connectivity index (χ2v) is 17.2. The van der Waals surface area contributed by atoms with E-state index in [1.807, 2.05) is 0 Å². The summed E-state index contributed by atoms with van der Waals surface area (Å²) in [7, 11) is 0. The molecule has 11 aromatic rings. The van der Waals surface area contributed by atoms with Gasteiger partial charge in [0, 0.05) is 22.3 Å². The van der Waals surface area contributed by atoms with Gasteiger partial charge in [-0.15, -0.1) is 0 Å². The van der Waals surface area contributed by atoms with Gasteiger partial charge in [0.1, 0.15) is 0 Å². The molecule has 0 saturated carbocycles. The highest BCUT2D eigenvalue weighted by atomic mass is 15.1. The number of benzene rings is 11. The van der Waals surface area contributed by atoms with Crippen molar-refractivity contribution in [1.29, 1.82) is 0 Å². The molecule has 0 unspecified atom stereocenters. The zero-order valence-corrected chi connectivity index (χ0v) is 36.4. The molecule has 0 atom stereocenters. The summed E-state index contributed by atoms with van der Waals surface area (Å²) in [5, 5.41) is 2.39. The number of nitrogens with zero attached hydrogens (tertiary/aromatic N) is 1. The first-order chi connectivity index (χ1) is 32.8. The van der Waals surface area contributed by atoms with Crippen molar-refractivity contribution in [3.63, 3.8) is 0 Å². The monoisotopic (exact) mass is 839 g/mol.